The third-order valence-electron chi connectivity index (χ3n) is 5.17. The predicted octanol–water partition coefficient (Wildman–Crippen LogP) is 4.65. The first-order chi connectivity index (χ1) is 15.1. The van der Waals surface area contributed by atoms with E-state index >= 15 is 0 Å². The van der Waals surface area contributed by atoms with Crippen molar-refractivity contribution in [3.8, 4) is 5.69 Å². The molecule has 0 radical (unpaired) electrons. The number of hydrogen-bond acceptors (Lipinski definition) is 3. The first-order valence-electron chi connectivity index (χ1n) is 9.72. The smallest absolute Gasteiger partial charge is 0.328 e. The molecular weight excluding hydrogens is 445 g/mol. The van der Waals surface area contributed by atoms with Gasteiger partial charge in [0.05, 0.1) is 40.2 Å². The summed E-state index contributed by atoms with van der Waals surface area (Å²) in [5.41, 5.74) is -0.321. The van der Waals surface area contributed by atoms with Crippen molar-refractivity contribution in [1.29, 1.82) is 0 Å². The van der Waals surface area contributed by atoms with Crippen molar-refractivity contribution < 1.29 is 13.2 Å². The minimum Gasteiger partial charge on any atom is -0.328 e. The fourth-order valence-corrected chi connectivity index (χ4v) is 3.82. The van der Waals surface area contributed by atoms with Crippen LogP contribution in [0.3, 0.4) is 0 Å². The summed E-state index contributed by atoms with van der Waals surface area (Å²) < 4.78 is 43.6. The molecule has 0 aliphatic rings. The molecule has 2 heterocycles. The number of hydrogen-bond donors (Lipinski definition) is 0. The molecule has 0 amide bonds. The molecule has 2 aromatic heterocycles. The molecule has 32 heavy (non-hydrogen) atoms. The van der Waals surface area contributed by atoms with E-state index in [9.17, 15) is 22.8 Å². The highest BCUT2D eigenvalue weighted by molar-refractivity contribution is 6.32. The van der Waals surface area contributed by atoms with Crippen LogP contribution < -0.4 is 11.2 Å². The Balaban J connectivity index is 1.79. The summed E-state index contributed by atoms with van der Waals surface area (Å²) in [5, 5.41) is -0.539. The van der Waals surface area contributed by atoms with Gasteiger partial charge in [-0.15, -0.1) is 0 Å². The minimum absolute atomic E-state index is 0.0181. The van der Waals surface area contributed by atoms with E-state index in [-0.39, 0.29) is 11.6 Å². The molecule has 4 aromatic rings. The number of rotatable bonds is 4. The van der Waals surface area contributed by atoms with Gasteiger partial charge in [-0.1, -0.05) is 23.7 Å². The number of alkyl halides is 3. The van der Waals surface area contributed by atoms with Crippen LogP contribution in [-0.4, -0.2) is 18.7 Å². The Kier molecular flexibility index (Phi) is 5.46. The van der Waals surface area contributed by atoms with Crippen molar-refractivity contribution in [3.05, 3.63) is 92.0 Å². The monoisotopic (exact) mass is 462 g/mol. The Bertz CT molecular complexity index is 1430. The molecule has 0 atom stereocenters. The van der Waals surface area contributed by atoms with Crippen LogP contribution in [0.5, 0.6) is 0 Å². The minimum atomic E-state index is -4.65. The fourth-order valence-electron chi connectivity index (χ4n) is 3.53. The molecule has 0 saturated heterocycles. The molecule has 0 aliphatic carbocycles. The maximum atomic E-state index is 13.2. The van der Waals surface area contributed by atoms with E-state index in [0.29, 0.717) is 11.2 Å². The first-order valence-corrected chi connectivity index (χ1v) is 10.1. The van der Waals surface area contributed by atoms with Crippen molar-refractivity contribution >= 4 is 22.6 Å². The van der Waals surface area contributed by atoms with Crippen molar-refractivity contribution in [2.75, 3.05) is 0 Å². The van der Waals surface area contributed by atoms with Gasteiger partial charge in [-0.2, -0.15) is 13.2 Å². The molecule has 4 rings (SSSR count). The highest BCUT2D eigenvalue weighted by Gasteiger charge is 2.33. The van der Waals surface area contributed by atoms with E-state index in [1.54, 1.807) is 18.5 Å². The SMILES string of the molecule is CC(C)n1cnc2cc(-n3ccc(=O)n(Cc4cccc(C(F)(F)F)c4Cl)c3=O)ccc21. The maximum absolute atomic E-state index is 13.2. The quantitative estimate of drug-likeness (QED) is 0.443. The van der Waals surface area contributed by atoms with E-state index < -0.39 is 34.6 Å². The molecule has 0 saturated carbocycles. The Hall–Kier alpha value is -3.33. The molecule has 0 N–H and O–H groups in total. The highest BCUT2D eigenvalue weighted by atomic mass is 35.5. The van der Waals surface area contributed by atoms with Crippen LogP contribution in [0, 0.1) is 0 Å². The van der Waals surface area contributed by atoms with Crippen molar-refractivity contribution in [2.24, 2.45) is 0 Å². The summed E-state index contributed by atoms with van der Waals surface area (Å²) in [6.45, 7) is 3.65. The van der Waals surface area contributed by atoms with Crippen LogP contribution in [0.25, 0.3) is 16.7 Å². The second kappa shape index (κ2) is 7.98. The van der Waals surface area contributed by atoms with E-state index in [4.69, 9.17) is 11.6 Å². The Labute approximate surface area is 185 Å². The van der Waals surface area contributed by atoms with Gasteiger partial charge in [0.25, 0.3) is 5.56 Å². The zero-order chi connectivity index (χ0) is 23.2. The summed E-state index contributed by atoms with van der Waals surface area (Å²) in [6.07, 6.45) is -1.61. The van der Waals surface area contributed by atoms with Gasteiger partial charge in [-0.3, -0.25) is 13.9 Å². The van der Waals surface area contributed by atoms with Gasteiger partial charge in [0.15, 0.2) is 0 Å². The summed E-state index contributed by atoms with van der Waals surface area (Å²) in [4.78, 5) is 29.8. The van der Waals surface area contributed by atoms with Gasteiger partial charge in [0, 0.05) is 18.3 Å². The van der Waals surface area contributed by atoms with E-state index in [0.717, 1.165) is 16.2 Å². The van der Waals surface area contributed by atoms with E-state index in [2.05, 4.69) is 4.98 Å². The van der Waals surface area contributed by atoms with E-state index in [1.165, 1.54) is 29.0 Å². The lowest BCUT2D eigenvalue weighted by Crippen LogP contribution is -2.38. The zero-order valence-corrected chi connectivity index (χ0v) is 17.9. The molecule has 0 aliphatic heterocycles. The summed E-state index contributed by atoms with van der Waals surface area (Å²) in [6, 6.07) is 10.0. The average molecular weight is 463 g/mol. The lowest BCUT2D eigenvalue weighted by Gasteiger charge is -2.14. The number of benzene rings is 2. The van der Waals surface area contributed by atoms with Crippen molar-refractivity contribution in [3.63, 3.8) is 0 Å². The standard InChI is InChI=1S/C22H18ClF3N4O2/c1-13(2)30-12-27-17-10-15(6-7-18(17)30)28-9-8-19(31)29(21(28)32)11-14-4-3-5-16(20(14)23)22(24,25)26/h3-10,12-13H,11H2,1-2H3. The second-order valence-corrected chi connectivity index (χ2v) is 7.97. The Morgan fingerprint density at radius 2 is 1.84 bits per heavy atom. The average Bonchev–Trinajstić information content (AvgIpc) is 3.15. The second-order valence-electron chi connectivity index (χ2n) is 7.59. The lowest BCUT2D eigenvalue weighted by atomic mass is 10.1. The summed E-state index contributed by atoms with van der Waals surface area (Å²) >= 11 is 5.94. The molecule has 6 nitrogen and oxygen atoms in total. The summed E-state index contributed by atoms with van der Waals surface area (Å²) in [5.74, 6) is 0. The number of aromatic nitrogens is 4. The highest BCUT2D eigenvalue weighted by Crippen LogP contribution is 2.36. The number of fused-ring (bicyclic) bond motifs is 1. The van der Waals surface area contributed by atoms with Crippen LogP contribution >= 0.6 is 11.6 Å². The van der Waals surface area contributed by atoms with Gasteiger partial charge >= 0.3 is 11.9 Å². The maximum Gasteiger partial charge on any atom is 0.417 e. The third-order valence-corrected chi connectivity index (χ3v) is 5.62. The zero-order valence-electron chi connectivity index (χ0n) is 17.1. The molecule has 0 spiro atoms. The number of nitrogens with zero attached hydrogens (tertiary/aromatic N) is 4. The molecule has 166 valence electrons. The van der Waals surface area contributed by atoms with Crippen LogP contribution in [0.15, 0.2) is 64.6 Å². The van der Waals surface area contributed by atoms with Crippen LogP contribution in [0.2, 0.25) is 5.02 Å². The molecule has 0 bridgehead atoms. The largest absolute Gasteiger partial charge is 0.417 e. The van der Waals surface area contributed by atoms with Gasteiger partial charge in [-0.05, 0) is 43.7 Å². The van der Waals surface area contributed by atoms with Crippen LogP contribution in [0.1, 0.15) is 31.0 Å². The topological polar surface area (TPSA) is 61.8 Å². The van der Waals surface area contributed by atoms with Crippen molar-refractivity contribution in [1.82, 2.24) is 18.7 Å². The van der Waals surface area contributed by atoms with Gasteiger partial charge in [0.2, 0.25) is 0 Å². The number of halogens is 4. The third kappa shape index (κ3) is 3.84. The normalized spacial score (nSPS) is 12.1. The molecule has 10 heteroatoms. The van der Waals surface area contributed by atoms with Gasteiger partial charge in [0.1, 0.15) is 0 Å². The Morgan fingerprint density at radius 1 is 1.09 bits per heavy atom. The molecular formula is C22H18ClF3N4O2. The van der Waals surface area contributed by atoms with Gasteiger partial charge in [-0.25, -0.2) is 9.78 Å². The lowest BCUT2D eigenvalue weighted by molar-refractivity contribution is -0.137. The molecule has 2 aromatic carbocycles. The predicted molar refractivity (Wildman–Crippen MR) is 116 cm³/mol. The van der Waals surface area contributed by atoms with E-state index in [1.807, 2.05) is 24.5 Å². The molecule has 0 unspecified atom stereocenters. The van der Waals surface area contributed by atoms with Crippen LogP contribution in [0.4, 0.5) is 13.2 Å². The molecule has 0 fully saturated rings. The first kappa shape index (κ1) is 21.9. The van der Waals surface area contributed by atoms with Crippen molar-refractivity contribution in [2.45, 2.75) is 32.6 Å². The number of imidazole rings is 1. The summed E-state index contributed by atoms with van der Waals surface area (Å²) in [7, 11) is 0. The fraction of sp³-hybridized carbons (Fsp3) is 0.227. The Morgan fingerprint density at radius 3 is 2.53 bits per heavy atom. The van der Waals surface area contributed by atoms with Gasteiger partial charge < -0.3 is 4.57 Å². The van der Waals surface area contributed by atoms with Crippen LogP contribution in [-0.2, 0) is 12.7 Å².